The van der Waals surface area contributed by atoms with Crippen LogP contribution in [0.4, 0.5) is 0 Å². The Bertz CT molecular complexity index is 675. The number of thioether (sulfide) groups is 1. The van der Waals surface area contributed by atoms with E-state index >= 15 is 0 Å². The van der Waals surface area contributed by atoms with E-state index in [1.54, 1.807) is 23.7 Å². The largest absolute Gasteiger partial charge is 0.264 e. The van der Waals surface area contributed by atoms with Gasteiger partial charge in [0.05, 0.1) is 10.6 Å². The van der Waals surface area contributed by atoms with Crippen LogP contribution in [0, 0.1) is 11.3 Å². The molecule has 2 aromatic rings. The molecule has 0 saturated heterocycles. The Hall–Kier alpha value is -1.28. The molecular weight excluding hydrogens is 308 g/mol. The van der Waals surface area contributed by atoms with Crippen molar-refractivity contribution in [3.05, 3.63) is 51.5 Å². The first-order chi connectivity index (χ1) is 9.79. The maximum Gasteiger partial charge on any atom is 0.101 e. The number of thiophene rings is 1. The number of fused-ring (bicyclic) bond motifs is 1. The standard InChI is InChI=1S/C15H11ClN2S2/c16-15(12(7-17)10-2-1-4-18-8-10)14-6-11-9-19-5-3-13(11)20-14/h1-2,4,6,8H,3,5,9H2/b15-12-. The van der Waals surface area contributed by atoms with Crippen LogP contribution in [-0.4, -0.2) is 10.7 Å². The average molecular weight is 319 g/mol. The second-order valence-electron chi connectivity index (χ2n) is 4.40. The molecule has 3 heterocycles. The molecule has 0 fully saturated rings. The van der Waals surface area contributed by atoms with Crippen molar-refractivity contribution in [3.63, 3.8) is 0 Å². The number of aromatic nitrogens is 1. The van der Waals surface area contributed by atoms with Gasteiger partial charge in [-0.1, -0.05) is 17.7 Å². The lowest BCUT2D eigenvalue weighted by molar-refractivity contribution is 1.13. The van der Waals surface area contributed by atoms with E-state index in [1.165, 1.54) is 16.2 Å². The van der Waals surface area contributed by atoms with Crippen LogP contribution in [0.15, 0.2) is 30.6 Å². The van der Waals surface area contributed by atoms with Crippen molar-refractivity contribution in [1.82, 2.24) is 4.98 Å². The molecule has 1 aliphatic heterocycles. The SMILES string of the molecule is N#C/C(=C(/Cl)c1cc2c(s1)CCSC2)c1cccnc1. The molecule has 5 heteroatoms. The summed E-state index contributed by atoms with van der Waals surface area (Å²) in [6, 6.07) is 8.00. The van der Waals surface area contributed by atoms with E-state index in [4.69, 9.17) is 11.6 Å². The van der Waals surface area contributed by atoms with Gasteiger partial charge in [-0.15, -0.1) is 11.3 Å². The highest BCUT2D eigenvalue weighted by Gasteiger charge is 2.17. The molecule has 20 heavy (non-hydrogen) atoms. The number of aryl methyl sites for hydroxylation is 1. The van der Waals surface area contributed by atoms with Crippen LogP contribution in [-0.2, 0) is 12.2 Å². The van der Waals surface area contributed by atoms with Crippen molar-refractivity contribution in [1.29, 1.82) is 5.26 Å². The van der Waals surface area contributed by atoms with Crippen molar-refractivity contribution < 1.29 is 0 Å². The predicted molar refractivity (Wildman–Crippen MR) is 86.7 cm³/mol. The summed E-state index contributed by atoms with van der Waals surface area (Å²) in [5.74, 6) is 2.22. The number of halogens is 1. The molecule has 0 saturated carbocycles. The summed E-state index contributed by atoms with van der Waals surface area (Å²) in [7, 11) is 0. The molecule has 0 aliphatic carbocycles. The predicted octanol–water partition coefficient (Wildman–Crippen LogP) is 4.56. The normalized spacial score (nSPS) is 15.2. The lowest BCUT2D eigenvalue weighted by atomic mass is 10.1. The fourth-order valence-electron chi connectivity index (χ4n) is 2.13. The summed E-state index contributed by atoms with van der Waals surface area (Å²) >= 11 is 10.1. The van der Waals surface area contributed by atoms with Crippen LogP contribution in [0.25, 0.3) is 10.6 Å². The van der Waals surface area contributed by atoms with E-state index in [0.717, 1.165) is 22.6 Å². The number of pyridine rings is 1. The zero-order valence-electron chi connectivity index (χ0n) is 10.6. The summed E-state index contributed by atoms with van der Waals surface area (Å²) in [6.45, 7) is 0. The van der Waals surface area contributed by atoms with Gasteiger partial charge in [0, 0.05) is 33.5 Å². The third-order valence-corrected chi connectivity index (χ3v) is 5.89. The summed E-state index contributed by atoms with van der Waals surface area (Å²) in [4.78, 5) is 6.44. The fraction of sp³-hybridized carbons (Fsp3) is 0.200. The highest BCUT2D eigenvalue weighted by Crippen LogP contribution is 2.38. The number of allylic oxidation sites excluding steroid dienone is 1. The highest BCUT2D eigenvalue weighted by molar-refractivity contribution is 7.98. The molecule has 0 spiro atoms. The molecule has 3 rings (SSSR count). The smallest absolute Gasteiger partial charge is 0.101 e. The van der Waals surface area contributed by atoms with E-state index in [1.807, 2.05) is 23.9 Å². The second kappa shape index (κ2) is 6.01. The number of rotatable bonds is 2. The zero-order chi connectivity index (χ0) is 13.9. The van der Waals surface area contributed by atoms with Crippen molar-refractivity contribution in [2.24, 2.45) is 0 Å². The van der Waals surface area contributed by atoms with E-state index in [0.29, 0.717) is 10.6 Å². The molecule has 0 N–H and O–H groups in total. The molecule has 0 radical (unpaired) electrons. The minimum absolute atomic E-state index is 0.492. The minimum Gasteiger partial charge on any atom is -0.264 e. The van der Waals surface area contributed by atoms with Crippen molar-refractivity contribution in [3.8, 4) is 6.07 Å². The topological polar surface area (TPSA) is 36.7 Å². The van der Waals surface area contributed by atoms with Gasteiger partial charge in [0.15, 0.2) is 0 Å². The van der Waals surface area contributed by atoms with Gasteiger partial charge in [0.2, 0.25) is 0 Å². The molecule has 0 aromatic carbocycles. The summed E-state index contributed by atoms with van der Waals surface area (Å²) in [6.07, 6.45) is 4.46. The Morgan fingerprint density at radius 3 is 3.05 bits per heavy atom. The molecular formula is C15H11ClN2S2. The minimum atomic E-state index is 0.492. The van der Waals surface area contributed by atoms with Crippen molar-refractivity contribution in [2.45, 2.75) is 12.2 Å². The van der Waals surface area contributed by atoms with Gasteiger partial charge < -0.3 is 0 Å². The molecule has 0 unspecified atom stereocenters. The Morgan fingerprint density at radius 1 is 1.45 bits per heavy atom. The third kappa shape index (κ3) is 2.62. The van der Waals surface area contributed by atoms with Gasteiger partial charge in [0.25, 0.3) is 0 Å². The highest BCUT2D eigenvalue weighted by atomic mass is 35.5. The lowest BCUT2D eigenvalue weighted by Crippen LogP contribution is -1.96. The number of hydrogen-bond acceptors (Lipinski definition) is 4. The van der Waals surface area contributed by atoms with E-state index in [2.05, 4.69) is 17.1 Å². The van der Waals surface area contributed by atoms with E-state index < -0.39 is 0 Å². The Balaban J connectivity index is 2.05. The monoisotopic (exact) mass is 318 g/mol. The number of hydrogen-bond donors (Lipinski definition) is 0. The third-order valence-electron chi connectivity index (χ3n) is 3.13. The van der Waals surface area contributed by atoms with Crippen molar-refractivity contribution in [2.75, 3.05) is 5.75 Å². The maximum atomic E-state index is 9.39. The molecule has 0 atom stereocenters. The molecule has 100 valence electrons. The fourth-order valence-corrected chi connectivity index (χ4v) is 4.77. The Morgan fingerprint density at radius 2 is 2.35 bits per heavy atom. The quantitative estimate of drug-likeness (QED) is 0.761. The van der Waals surface area contributed by atoms with Crippen LogP contribution in [0.5, 0.6) is 0 Å². The number of nitrogens with zero attached hydrogens (tertiary/aromatic N) is 2. The Labute approximate surface area is 131 Å². The van der Waals surface area contributed by atoms with E-state index in [9.17, 15) is 5.26 Å². The first-order valence-corrected chi connectivity index (χ1v) is 8.54. The first kappa shape index (κ1) is 13.7. The summed E-state index contributed by atoms with van der Waals surface area (Å²) in [5, 5.41) is 9.93. The molecule has 0 amide bonds. The van der Waals surface area contributed by atoms with Gasteiger partial charge in [-0.2, -0.15) is 17.0 Å². The van der Waals surface area contributed by atoms with Crippen LogP contribution < -0.4 is 0 Å². The first-order valence-electron chi connectivity index (χ1n) is 6.19. The van der Waals surface area contributed by atoms with Crippen LogP contribution in [0.1, 0.15) is 20.9 Å². The molecule has 1 aliphatic rings. The number of nitriles is 1. The second-order valence-corrected chi connectivity index (χ2v) is 7.02. The lowest BCUT2D eigenvalue weighted by Gasteiger charge is -2.08. The summed E-state index contributed by atoms with van der Waals surface area (Å²) < 4.78 is 0. The molecule has 2 aromatic heterocycles. The van der Waals surface area contributed by atoms with Gasteiger partial charge >= 0.3 is 0 Å². The van der Waals surface area contributed by atoms with Crippen LogP contribution in [0.3, 0.4) is 0 Å². The van der Waals surface area contributed by atoms with Crippen LogP contribution >= 0.6 is 34.7 Å². The van der Waals surface area contributed by atoms with E-state index in [-0.39, 0.29) is 0 Å². The van der Waals surface area contributed by atoms with Crippen LogP contribution in [0.2, 0.25) is 0 Å². The van der Waals surface area contributed by atoms with Gasteiger partial charge in [-0.05, 0) is 29.9 Å². The molecule has 2 nitrogen and oxygen atoms in total. The zero-order valence-corrected chi connectivity index (χ0v) is 13.0. The van der Waals surface area contributed by atoms with Gasteiger partial charge in [-0.25, -0.2) is 0 Å². The van der Waals surface area contributed by atoms with Gasteiger partial charge in [0.1, 0.15) is 6.07 Å². The summed E-state index contributed by atoms with van der Waals surface area (Å²) in [5.41, 5.74) is 2.62. The molecule has 0 bridgehead atoms. The average Bonchev–Trinajstić information content (AvgIpc) is 2.93. The maximum absolute atomic E-state index is 9.39. The van der Waals surface area contributed by atoms with Crippen molar-refractivity contribution >= 4 is 45.3 Å². The van der Waals surface area contributed by atoms with Gasteiger partial charge in [-0.3, -0.25) is 4.98 Å². The Kier molecular flexibility index (Phi) is 4.11.